The van der Waals surface area contributed by atoms with Gasteiger partial charge in [0.2, 0.25) is 11.8 Å². The number of rotatable bonds is 4. The molecular formula is C17H25N5O3. The summed E-state index contributed by atoms with van der Waals surface area (Å²) in [6, 6.07) is 2.75. The number of hydrogen-bond acceptors (Lipinski definition) is 5. The number of hydrogen-bond donors (Lipinski definition) is 3. The molecule has 1 saturated heterocycles. The molecule has 0 spiro atoms. The molecule has 25 heavy (non-hydrogen) atoms. The second-order valence-corrected chi connectivity index (χ2v) is 6.26. The topological polar surface area (TPSA) is 103 Å². The third-order valence-electron chi connectivity index (χ3n) is 4.45. The number of aryl methyl sites for hydroxylation is 1. The van der Waals surface area contributed by atoms with Gasteiger partial charge in [-0.15, -0.1) is 0 Å². The van der Waals surface area contributed by atoms with Crippen LogP contribution in [0.3, 0.4) is 0 Å². The molecule has 0 saturated carbocycles. The predicted octanol–water partition coefficient (Wildman–Crippen LogP) is 0.885. The Labute approximate surface area is 147 Å². The number of nitrogens with one attached hydrogen (secondary N) is 3. The van der Waals surface area contributed by atoms with Crippen LogP contribution in [-0.2, 0) is 9.59 Å². The lowest BCUT2D eigenvalue weighted by atomic mass is 9.95. The second-order valence-electron chi connectivity index (χ2n) is 6.26. The molecule has 1 aliphatic rings. The smallest absolute Gasteiger partial charge is 0.321 e. The quantitative estimate of drug-likeness (QED) is 0.750. The van der Waals surface area contributed by atoms with Crippen molar-refractivity contribution in [3.05, 3.63) is 23.9 Å². The summed E-state index contributed by atoms with van der Waals surface area (Å²) in [7, 11) is 1.46. The van der Waals surface area contributed by atoms with E-state index in [9.17, 15) is 14.4 Å². The zero-order valence-electron chi connectivity index (χ0n) is 14.8. The number of urea groups is 1. The van der Waals surface area contributed by atoms with Crippen molar-refractivity contribution in [1.29, 1.82) is 0 Å². The highest BCUT2D eigenvalue weighted by Crippen LogP contribution is 2.20. The van der Waals surface area contributed by atoms with Gasteiger partial charge in [0.25, 0.3) is 0 Å². The molecule has 2 heterocycles. The Kier molecular flexibility index (Phi) is 6.46. The molecule has 8 nitrogen and oxygen atoms in total. The van der Waals surface area contributed by atoms with Gasteiger partial charge in [-0.1, -0.05) is 6.07 Å². The number of imide groups is 1. The molecule has 0 radical (unpaired) electrons. The first-order valence-electron chi connectivity index (χ1n) is 8.41. The minimum atomic E-state index is -0.517. The van der Waals surface area contributed by atoms with Crippen molar-refractivity contribution < 1.29 is 14.4 Å². The van der Waals surface area contributed by atoms with E-state index in [0.29, 0.717) is 31.7 Å². The first kappa shape index (κ1) is 18.9. The van der Waals surface area contributed by atoms with E-state index in [1.807, 2.05) is 17.9 Å². The largest absolute Gasteiger partial charge is 0.341 e. The summed E-state index contributed by atoms with van der Waals surface area (Å²) in [6.07, 6.45) is 3.04. The Morgan fingerprint density at radius 2 is 1.92 bits per heavy atom. The Hall–Kier alpha value is -2.48. The fourth-order valence-corrected chi connectivity index (χ4v) is 2.76. The lowest BCUT2D eigenvalue weighted by Gasteiger charge is -2.34. The summed E-state index contributed by atoms with van der Waals surface area (Å²) in [6.45, 7) is 4.95. The molecule has 1 aromatic rings. The van der Waals surface area contributed by atoms with Crippen LogP contribution < -0.4 is 16.0 Å². The van der Waals surface area contributed by atoms with Crippen molar-refractivity contribution in [2.24, 2.45) is 5.92 Å². The Morgan fingerprint density at radius 3 is 2.48 bits per heavy atom. The highest BCUT2D eigenvalue weighted by Gasteiger charge is 2.30. The number of piperidine rings is 1. The van der Waals surface area contributed by atoms with Crippen LogP contribution in [0.4, 0.5) is 10.6 Å². The molecule has 2 rings (SSSR count). The number of amides is 4. The molecule has 1 atom stereocenters. The van der Waals surface area contributed by atoms with E-state index in [1.54, 1.807) is 19.2 Å². The molecule has 1 aromatic heterocycles. The van der Waals surface area contributed by atoms with Crippen LogP contribution >= 0.6 is 0 Å². The van der Waals surface area contributed by atoms with Gasteiger partial charge in [0.15, 0.2) is 0 Å². The van der Waals surface area contributed by atoms with Crippen molar-refractivity contribution in [3.8, 4) is 0 Å². The van der Waals surface area contributed by atoms with Gasteiger partial charge in [-0.05, 0) is 51.4 Å². The van der Waals surface area contributed by atoms with Crippen LogP contribution in [0.25, 0.3) is 0 Å². The molecule has 3 N–H and O–H groups in total. The van der Waals surface area contributed by atoms with Crippen LogP contribution in [-0.4, -0.2) is 53.9 Å². The van der Waals surface area contributed by atoms with Gasteiger partial charge < -0.3 is 10.6 Å². The minimum absolute atomic E-state index is 0.0431. The number of nitrogens with zero attached hydrogens (tertiary/aromatic N) is 2. The molecule has 136 valence electrons. The fraction of sp³-hybridized carbons (Fsp3) is 0.529. The second kappa shape index (κ2) is 8.57. The lowest BCUT2D eigenvalue weighted by Crippen LogP contribution is -2.51. The monoisotopic (exact) mass is 347 g/mol. The van der Waals surface area contributed by atoms with Gasteiger partial charge in [0.05, 0.1) is 6.04 Å². The molecule has 1 unspecified atom stereocenters. The average molecular weight is 347 g/mol. The molecule has 4 amide bonds. The summed E-state index contributed by atoms with van der Waals surface area (Å²) in [5.41, 5.74) is 1.04. The van der Waals surface area contributed by atoms with Crippen molar-refractivity contribution in [3.63, 3.8) is 0 Å². The highest BCUT2D eigenvalue weighted by atomic mass is 16.2. The van der Waals surface area contributed by atoms with Gasteiger partial charge in [-0.25, -0.2) is 9.78 Å². The summed E-state index contributed by atoms with van der Waals surface area (Å²) in [4.78, 5) is 41.7. The van der Waals surface area contributed by atoms with E-state index < -0.39 is 12.1 Å². The summed E-state index contributed by atoms with van der Waals surface area (Å²) in [5, 5.41) is 7.47. The van der Waals surface area contributed by atoms with E-state index in [2.05, 4.69) is 20.9 Å². The first-order chi connectivity index (χ1) is 11.9. The maximum Gasteiger partial charge on any atom is 0.321 e. The summed E-state index contributed by atoms with van der Waals surface area (Å²) >= 11 is 0. The van der Waals surface area contributed by atoms with Crippen LogP contribution in [0.5, 0.6) is 0 Å². The Bertz CT molecular complexity index is 624. The first-order valence-corrected chi connectivity index (χ1v) is 8.41. The number of pyridine rings is 1. The normalized spacial score (nSPS) is 16.8. The number of carbonyl (C=O) groups is 3. The van der Waals surface area contributed by atoms with Gasteiger partial charge in [0.1, 0.15) is 5.82 Å². The van der Waals surface area contributed by atoms with Crippen molar-refractivity contribution >= 4 is 23.7 Å². The molecule has 1 fully saturated rings. The molecule has 0 aliphatic carbocycles. The van der Waals surface area contributed by atoms with Gasteiger partial charge in [-0.3, -0.25) is 19.8 Å². The number of carbonyl (C=O) groups excluding carboxylic acids is 3. The summed E-state index contributed by atoms with van der Waals surface area (Å²) < 4.78 is 0. The lowest BCUT2D eigenvalue weighted by molar-refractivity contribution is -0.126. The Morgan fingerprint density at radius 1 is 1.24 bits per heavy atom. The fourth-order valence-electron chi connectivity index (χ4n) is 2.76. The number of anilines is 1. The van der Waals surface area contributed by atoms with Crippen LogP contribution in [0.1, 0.15) is 25.3 Å². The predicted molar refractivity (Wildman–Crippen MR) is 94.0 cm³/mol. The van der Waals surface area contributed by atoms with Crippen LogP contribution in [0, 0.1) is 12.8 Å². The van der Waals surface area contributed by atoms with Gasteiger partial charge >= 0.3 is 6.03 Å². The molecule has 8 heteroatoms. The van der Waals surface area contributed by atoms with E-state index in [0.717, 1.165) is 5.56 Å². The number of likely N-dealkylation sites (tertiary alicyclic amines) is 1. The minimum Gasteiger partial charge on any atom is -0.341 e. The van der Waals surface area contributed by atoms with Crippen LogP contribution in [0.2, 0.25) is 0 Å². The van der Waals surface area contributed by atoms with Crippen molar-refractivity contribution in [1.82, 2.24) is 20.5 Å². The molecule has 1 aliphatic heterocycles. The maximum atomic E-state index is 12.3. The van der Waals surface area contributed by atoms with Gasteiger partial charge in [-0.2, -0.15) is 0 Å². The third kappa shape index (κ3) is 5.25. The van der Waals surface area contributed by atoms with Gasteiger partial charge in [0, 0.05) is 19.2 Å². The molecule has 0 bridgehead atoms. The Balaban J connectivity index is 1.82. The molecule has 0 aromatic carbocycles. The highest BCUT2D eigenvalue weighted by molar-refractivity contribution is 5.96. The average Bonchev–Trinajstić information content (AvgIpc) is 2.62. The van der Waals surface area contributed by atoms with E-state index in [4.69, 9.17) is 0 Å². The zero-order chi connectivity index (χ0) is 18.4. The van der Waals surface area contributed by atoms with E-state index >= 15 is 0 Å². The summed E-state index contributed by atoms with van der Waals surface area (Å²) in [5.74, 6) is 0.0643. The van der Waals surface area contributed by atoms with Crippen molar-refractivity contribution in [2.75, 3.05) is 25.5 Å². The third-order valence-corrected chi connectivity index (χ3v) is 4.45. The van der Waals surface area contributed by atoms with Crippen LogP contribution in [0.15, 0.2) is 18.3 Å². The molecular weight excluding hydrogens is 322 g/mol. The number of aromatic nitrogens is 1. The maximum absolute atomic E-state index is 12.3. The zero-order valence-corrected chi connectivity index (χ0v) is 14.8. The standard InChI is InChI=1S/C17H25N5O3/c1-11-4-5-14(19-10-11)20-16(24)13-6-8-22(9-7-13)12(2)15(23)21-17(25)18-3/h4-5,10,12-13H,6-9H2,1-3H3,(H,19,20,24)(H2,18,21,23,25). The van der Waals surface area contributed by atoms with E-state index in [-0.39, 0.29) is 17.7 Å². The van der Waals surface area contributed by atoms with E-state index in [1.165, 1.54) is 7.05 Å². The van der Waals surface area contributed by atoms with Crippen molar-refractivity contribution in [2.45, 2.75) is 32.7 Å². The SMILES string of the molecule is CNC(=O)NC(=O)C(C)N1CCC(C(=O)Nc2ccc(C)cn2)CC1.